The van der Waals surface area contributed by atoms with Crippen molar-refractivity contribution in [1.29, 1.82) is 0 Å². The highest BCUT2D eigenvalue weighted by Gasteiger charge is 2.03. The highest BCUT2D eigenvalue weighted by molar-refractivity contribution is 5.79. The normalized spacial score (nSPS) is 10.8. The number of benzene rings is 1. The number of hydrogen-bond donors (Lipinski definition) is 1. The van der Waals surface area contributed by atoms with Gasteiger partial charge in [0.2, 0.25) is 0 Å². The number of para-hydroxylation sites is 1. The Morgan fingerprint density at radius 1 is 1.19 bits per heavy atom. The summed E-state index contributed by atoms with van der Waals surface area (Å²) < 4.78 is 1.56. The summed E-state index contributed by atoms with van der Waals surface area (Å²) in [7, 11) is 0. The van der Waals surface area contributed by atoms with E-state index in [0.29, 0.717) is 5.69 Å². The Hall–Kier alpha value is -2.36. The van der Waals surface area contributed by atoms with Crippen LogP contribution in [0.2, 0.25) is 0 Å². The van der Waals surface area contributed by atoms with Crippen LogP contribution in [-0.2, 0) is 0 Å². The van der Waals surface area contributed by atoms with E-state index in [1.54, 1.807) is 23.1 Å². The summed E-state index contributed by atoms with van der Waals surface area (Å²) in [6.45, 7) is 0. The Balaban J connectivity index is 2.34. The van der Waals surface area contributed by atoms with Gasteiger partial charge in [0.25, 0.3) is 5.56 Å². The van der Waals surface area contributed by atoms with Gasteiger partial charge in [0, 0.05) is 23.3 Å². The molecular formula is C12H9N3O. The molecule has 0 amide bonds. The van der Waals surface area contributed by atoms with Gasteiger partial charge in [-0.3, -0.25) is 4.79 Å². The molecule has 2 heterocycles. The van der Waals surface area contributed by atoms with Gasteiger partial charge in [0.1, 0.15) is 5.69 Å². The molecule has 0 aliphatic rings. The fourth-order valence-electron chi connectivity index (χ4n) is 1.72. The minimum Gasteiger partial charge on any atom is -0.320 e. The molecule has 0 aliphatic carbocycles. The van der Waals surface area contributed by atoms with Crippen molar-refractivity contribution in [3.8, 4) is 5.69 Å². The fourth-order valence-corrected chi connectivity index (χ4v) is 1.72. The molecule has 3 rings (SSSR count). The number of pyridine rings is 1. The summed E-state index contributed by atoms with van der Waals surface area (Å²) >= 11 is 0. The Labute approximate surface area is 91.2 Å². The molecular weight excluding hydrogens is 202 g/mol. The van der Waals surface area contributed by atoms with Gasteiger partial charge in [-0.2, -0.15) is 5.10 Å². The third-order valence-electron chi connectivity index (χ3n) is 2.49. The van der Waals surface area contributed by atoms with Crippen LogP contribution in [0.4, 0.5) is 0 Å². The molecule has 0 saturated heterocycles. The van der Waals surface area contributed by atoms with Crippen LogP contribution in [0, 0.1) is 0 Å². The second-order valence-electron chi connectivity index (χ2n) is 3.52. The van der Waals surface area contributed by atoms with Crippen molar-refractivity contribution in [2.75, 3.05) is 0 Å². The molecule has 0 fully saturated rings. The van der Waals surface area contributed by atoms with Crippen LogP contribution in [0.1, 0.15) is 0 Å². The van der Waals surface area contributed by atoms with E-state index in [1.165, 1.54) is 0 Å². The lowest BCUT2D eigenvalue weighted by Crippen LogP contribution is -2.14. The molecule has 0 aliphatic heterocycles. The summed E-state index contributed by atoms with van der Waals surface area (Å²) in [5, 5.41) is 5.04. The zero-order valence-corrected chi connectivity index (χ0v) is 8.42. The van der Waals surface area contributed by atoms with Gasteiger partial charge in [0.15, 0.2) is 0 Å². The second-order valence-corrected chi connectivity index (χ2v) is 3.52. The zero-order chi connectivity index (χ0) is 11.0. The Morgan fingerprint density at radius 3 is 2.88 bits per heavy atom. The Bertz CT molecular complexity index is 683. The molecule has 3 aromatic rings. The first-order valence-electron chi connectivity index (χ1n) is 4.97. The van der Waals surface area contributed by atoms with Crippen molar-refractivity contribution in [1.82, 2.24) is 14.8 Å². The summed E-state index contributed by atoms with van der Waals surface area (Å²) in [5.74, 6) is 0. The van der Waals surface area contributed by atoms with Crippen molar-refractivity contribution >= 4 is 10.9 Å². The minimum atomic E-state index is -0.137. The SMILES string of the molecule is O=c1[nH]c2ccccc2cc1-n1cccn1. The molecule has 0 saturated carbocycles. The Kier molecular flexibility index (Phi) is 1.86. The van der Waals surface area contributed by atoms with Crippen molar-refractivity contribution in [3.63, 3.8) is 0 Å². The van der Waals surface area contributed by atoms with Gasteiger partial charge >= 0.3 is 0 Å². The highest BCUT2D eigenvalue weighted by Crippen LogP contribution is 2.11. The molecule has 4 nitrogen and oxygen atoms in total. The summed E-state index contributed by atoms with van der Waals surface area (Å²) in [6, 6.07) is 11.3. The van der Waals surface area contributed by atoms with E-state index in [1.807, 2.05) is 30.3 Å². The van der Waals surface area contributed by atoms with Gasteiger partial charge in [-0.15, -0.1) is 0 Å². The van der Waals surface area contributed by atoms with Crippen LogP contribution in [0.5, 0.6) is 0 Å². The van der Waals surface area contributed by atoms with E-state index in [2.05, 4.69) is 10.1 Å². The molecule has 2 aromatic heterocycles. The van der Waals surface area contributed by atoms with Gasteiger partial charge in [-0.05, 0) is 18.2 Å². The largest absolute Gasteiger partial charge is 0.320 e. The minimum absolute atomic E-state index is 0.137. The van der Waals surface area contributed by atoms with Crippen LogP contribution in [0.15, 0.2) is 53.6 Å². The second kappa shape index (κ2) is 3.34. The third-order valence-corrected chi connectivity index (χ3v) is 2.49. The maximum absolute atomic E-state index is 11.8. The molecule has 0 atom stereocenters. The average molecular weight is 211 g/mol. The van der Waals surface area contributed by atoms with Gasteiger partial charge in [0.05, 0.1) is 0 Å². The van der Waals surface area contributed by atoms with Crippen LogP contribution >= 0.6 is 0 Å². The van der Waals surface area contributed by atoms with Crippen LogP contribution in [-0.4, -0.2) is 14.8 Å². The molecule has 16 heavy (non-hydrogen) atoms. The molecule has 0 spiro atoms. The Morgan fingerprint density at radius 2 is 2.06 bits per heavy atom. The fraction of sp³-hybridized carbons (Fsp3) is 0. The summed E-state index contributed by atoms with van der Waals surface area (Å²) in [4.78, 5) is 14.6. The molecule has 4 heteroatoms. The number of aromatic amines is 1. The zero-order valence-electron chi connectivity index (χ0n) is 8.42. The van der Waals surface area contributed by atoms with E-state index in [4.69, 9.17) is 0 Å². The number of fused-ring (bicyclic) bond motifs is 1. The first-order valence-corrected chi connectivity index (χ1v) is 4.97. The van der Waals surface area contributed by atoms with Crippen LogP contribution in [0.3, 0.4) is 0 Å². The van der Waals surface area contributed by atoms with Crippen molar-refractivity contribution in [3.05, 3.63) is 59.1 Å². The monoisotopic (exact) mass is 211 g/mol. The summed E-state index contributed by atoms with van der Waals surface area (Å²) in [5.41, 5.74) is 1.23. The average Bonchev–Trinajstić information content (AvgIpc) is 2.81. The standard InChI is InChI=1S/C12H9N3O/c16-12-11(15-7-3-6-13-15)8-9-4-1-2-5-10(9)14-12/h1-8H,(H,14,16). The topological polar surface area (TPSA) is 50.7 Å². The van der Waals surface area contributed by atoms with E-state index < -0.39 is 0 Å². The van der Waals surface area contributed by atoms with E-state index in [9.17, 15) is 4.79 Å². The number of H-pyrrole nitrogens is 1. The smallest absolute Gasteiger partial charge is 0.274 e. The quantitative estimate of drug-likeness (QED) is 0.666. The first-order chi connectivity index (χ1) is 7.84. The molecule has 1 N–H and O–H groups in total. The van der Waals surface area contributed by atoms with E-state index >= 15 is 0 Å². The van der Waals surface area contributed by atoms with Crippen molar-refractivity contribution in [2.45, 2.75) is 0 Å². The maximum Gasteiger partial charge on any atom is 0.274 e. The number of nitrogens with one attached hydrogen (secondary N) is 1. The lowest BCUT2D eigenvalue weighted by atomic mass is 10.2. The van der Waals surface area contributed by atoms with E-state index in [-0.39, 0.29) is 5.56 Å². The number of rotatable bonds is 1. The summed E-state index contributed by atoms with van der Waals surface area (Å²) in [6.07, 6.45) is 3.40. The van der Waals surface area contributed by atoms with Gasteiger partial charge in [-0.25, -0.2) is 4.68 Å². The lowest BCUT2D eigenvalue weighted by Gasteiger charge is -2.02. The predicted octanol–water partition coefficient (Wildman–Crippen LogP) is 1.71. The molecule has 1 aromatic carbocycles. The van der Waals surface area contributed by atoms with E-state index in [0.717, 1.165) is 10.9 Å². The highest BCUT2D eigenvalue weighted by atomic mass is 16.1. The number of hydrogen-bond acceptors (Lipinski definition) is 2. The molecule has 0 unspecified atom stereocenters. The molecule has 0 bridgehead atoms. The maximum atomic E-state index is 11.8. The van der Waals surface area contributed by atoms with Crippen molar-refractivity contribution in [2.24, 2.45) is 0 Å². The lowest BCUT2D eigenvalue weighted by molar-refractivity contribution is 0.867. The number of nitrogens with zero attached hydrogens (tertiary/aromatic N) is 2. The van der Waals surface area contributed by atoms with Crippen molar-refractivity contribution < 1.29 is 0 Å². The third kappa shape index (κ3) is 1.32. The van der Waals surface area contributed by atoms with Crippen LogP contribution in [0.25, 0.3) is 16.6 Å². The van der Waals surface area contributed by atoms with Gasteiger partial charge in [-0.1, -0.05) is 18.2 Å². The molecule has 78 valence electrons. The van der Waals surface area contributed by atoms with Gasteiger partial charge < -0.3 is 4.98 Å². The molecule has 0 radical (unpaired) electrons. The predicted molar refractivity (Wildman–Crippen MR) is 61.7 cm³/mol. The number of aromatic nitrogens is 3. The van der Waals surface area contributed by atoms with Crippen LogP contribution < -0.4 is 5.56 Å². The first kappa shape index (κ1) is 8.91.